The molecule has 6 rings (SSSR count). The van der Waals surface area contributed by atoms with E-state index in [9.17, 15) is 19.2 Å². The molecule has 88 heavy (non-hydrogen) atoms. The zero-order valence-electron chi connectivity index (χ0n) is 59.5. The fourth-order valence-corrected chi connectivity index (χ4v) is 12.1. The summed E-state index contributed by atoms with van der Waals surface area (Å²) in [6.07, 6.45) is 0.461. The van der Waals surface area contributed by atoms with Gasteiger partial charge in [0.15, 0.2) is 5.78 Å². The molecule has 0 fully saturated rings. The van der Waals surface area contributed by atoms with Gasteiger partial charge in [0, 0.05) is 36.3 Å². The number of carbonyl (C=O) groups is 4. The van der Waals surface area contributed by atoms with Gasteiger partial charge in [-0.3, -0.25) is 19.2 Å². The number of rotatable bonds is 10. The van der Waals surface area contributed by atoms with Crippen LogP contribution in [0.5, 0.6) is 0 Å². The molecule has 6 aromatic carbocycles. The number of nitrogens with two attached hydrogens (primary N) is 2. The molecule has 0 aliphatic carbocycles. The van der Waals surface area contributed by atoms with Gasteiger partial charge in [0.25, 0.3) is 11.1 Å². The van der Waals surface area contributed by atoms with Gasteiger partial charge in [-0.05, 0) is 403 Å². The number of hydrogen-bond acceptors (Lipinski definition) is 6. The average Bonchev–Trinajstić information content (AvgIpc) is 3.69. The first kappa shape index (κ1) is 80.7. The molecular formula is C76H108BrCl3N4O4. The lowest BCUT2D eigenvalue weighted by atomic mass is 9.87. The minimum atomic E-state index is -0.355. The molecule has 0 spiro atoms. The predicted octanol–water partition coefficient (Wildman–Crippen LogP) is 19.1. The molecule has 0 atom stereocenters. The van der Waals surface area contributed by atoms with Gasteiger partial charge < -0.3 is 22.1 Å². The van der Waals surface area contributed by atoms with Crippen LogP contribution in [0.4, 0.5) is 5.69 Å². The van der Waals surface area contributed by atoms with Crippen LogP contribution in [0.25, 0.3) is 0 Å². The van der Waals surface area contributed by atoms with Crippen molar-refractivity contribution >= 4 is 79.3 Å². The van der Waals surface area contributed by atoms with Crippen molar-refractivity contribution in [2.45, 2.75) is 227 Å². The SMILES string of the molecule is Cc1c(C)c(C)c(C(=O)Cl)c(C)c1C.Cc1c(C)c(C)c(C(=O)NCBr)c(C)c1C.Cc1c(C)c(C)c(CC(=O)CCl)c(C)c1C.Cc1c(C)c(C)c(CN)c(C)c1C.Cc1c(C)c(C)c(CNC(=O)CCl)c(C)c1C.Cc1c(C)c(C)c(N)c(C)c1C. The highest BCUT2D eigenvalue weighted by atomic mass is 79.9. The normalized spacial score (nSPS) is 10.5. The van der Waals surface area contributed by atoms with Gasteiger partial charge in [-0.1, -0.05) is 15.9 Å². The molecule has 8 nitrogen and oxygen atoms in total. The van der Waals surface area contributed by atoms with Gasteiger partial charge in [0.1, 0.15) is 5.88 Å². The lowest BCUT2D eigenvalue weighted by Gasteiger charge is -2.18. The first-order valence-electron chi connectivity index (χ1n) is 30.3. The third-order valence-corrected chi connectivity index (χ3v) is 21.5. The van der Waals surface area contributed by atoms with E-state index in [1.54, 1.807) is 0 Å². The summed E-state index contributed by atoms with van der Waals surface area (Å²) in [6, 6.07) is 0. The quantitative estimate of drug-likeness (QED) is 0.0465. The van der Waals surface area contributed by atoms with Crippen molar-refractivity contribution in [3.63, 3.8) is 0 Å². The third kappa shape index (κ3) is 18.9. The molecule has 484 valence electrons. The number of benzene rings is 6. The van der Waals surface area contributed by atoms with Crippen LogP contribution in [0, 0.1) is 208 Å². The number of nitrogens with one attached hydrogen (secondary N) is 2. The molecule has 0 heterocycles. The van der Waals surface area contributed by atoms with Crippen LogP contribution in [-0.2, 0) is 29.1 Å². The minimum absolute atomic E-state index is 0.00178. The highest BCUT2D eigenvalue weighted by Gasteiger charge is 2.20. The number of anilines is 1. The predicted molar refractivity (Wildman–Crippen MR) is 387 cm³/mol. The second-order valence-electron chi connectivity index (χ2n) is 24.2. The Labute approximate surface area is 556 Å². The van der Waals surface area contributed by atoms with Gasteiger partial charge in [-0.25, -0.2) is 0 Å². The standard InChI is InChI=1S/C14H20ClNO.C14H19ClO.C13H18BrNO.C12H15ClO.C12H19N.C11H17N/c1-8-9(2)11(4)13(12(5)10(8)3)7-16-14(17)6-15;1-8-9(2)11(4)14(6-13(16)7-15)12(5)10(8)3;1-7-8(2)10(4)12(11(5)9(7)3)13(16)15-6-14;1-6-7(2)9(4)11(12(13)14)10(5)8(6)3;1-7-8(2)10(4)12(6-13)11(5)9(7)3;1-6-7(2)9(4)11(12)10(5)8(6)3/h6-7H2,1-5H3,(H,16,17);6-7H2,1-5H3;6H2,1-5H3,(H,15,16);1-5H3;6,13H2,1-5H3;12H2,1-5H3. The summed E-state index contributed by atoms with van der Waals surface area (Å²) >= 11 is 19.8. The van der Waals surface area contributed by atoms with E-state index in [0.29, 0.717) is 30.5 Å². The lowest BCUT2D eigenvalue weighted by molar-refractivity contribution is -0.119. The number of halogens is 4. The van der Waals surface area contributed by atoms with Crippen molar-refractivity contribution in [1.29, 1.82) is 0 Å². The van der Waals surface area contributed by atoms with E-state index in [1.165, 1.54) is 145 Å². The van der Waals surface area contributed by atoms with E-state index in [4.69, 9.17) is 46.3 Å². The maximum absolute atomic E-state index is 12.0. The molecule has 0 radical (unpaired) electrons. The maximum Gasteiger partial charge on any atom is 0.252 e. The average molecular weight is 1330 g/mol. The van der Waals surface area contributed by atoms with Crippen molar-refractivity contribution in [3.8, 4) is 0 Å². The fourth-order valence-electron chi connectivity index (χ4n) is 11.4. The van der Waals surface area contributed by atoms with Gasteiger partial charge in [0.2, 0.25) is 5.91 Å². The van der Waals surface area contributed by atoms with Crippen molar-refractivity contribution in [1.82, 2.24) is 10.6 Å². The van der Waals surface area contributed by atoms with Gasteiger partial charge >= 0.3 is 0 Å². The Bertz CT molecular complexity index is 3360. The molecule has 6 N–H and O–H groups in total. The van der Waals surface area contributed by atoms with Crippen LogP contribution >= 0.6 is 50.7 Å². The number of ketones is 1. The second kappa shape index (κ2) is 35.3. The molecular weight excluding hydrogens is 1220 g/mol. The van der Waals surface area contributed by atoms with Crippen LogP contribution in [0.1, 0.15) is 204 Å². The topological polar surface area (TPSA) is 144 Å². The zero-order valence-corrected chi connectivity index (χ0v) is 63.4. The Morgan fingerprint density at radius 3 is 0.852 bits per heavy atom. The molecule has 12 heteroatoms. The summed E-state index contributed by atoms with van der Waals surface area (Å²) in [5.41, 5.74) is 56.1. The highest BCUT2D eigenvalue weighted by Crippen LogP contribution is 2.32. The van der Waals surface area contributed by atoms with Gasteiger partial charge in [0.05, 0.1) is 11.3 Å². The van der Waals surface area contributed by atoms with E-state index >= 15 is 0 Å². The van der Waals surface area contributed by atoms with Crippen LogP contribution < -0.4 is 22.1 Å². The summed E-state index contributed by atoms with van der Waals surface area (Å²) in [6.45, 7) is 64.1. The Kier molecular flexibility index (Phi) is 32.4. The molecule has 0 unspecified atom stereocenters. The molecule has 0 saturated carbocycles. The highest BCUT2D eigenvalue weighted by molar-refractivity contribution is 9.09. The monoisotopic (exact) mass is 1320 g/mol. The Morgan fingerprint density at radius 1 is 0.341 bits per heavy atom. The summed E-state index contributed by atoms with van der Waals surface area (Å²) in [5, 5.41) is 5.27. The van der Waals surface area contributed by atoms with Crippen molar-refractivity contribution in [2.75, 3.05) is 22.9 Å². The first-order chi connectivity index (χ1) is 40.5. The largest absolute Gasteiger partial charge is 0.398 e. The van der Waals surface area contributed by atoms with Crippen LogP contribution in [0.2, 0.25) is 0 Å². The second-order valence-corrected chi connectivity index (χ2v) is 25.7. The van der Waals surface area contributed by atoms with E-state index in [2.05, 4.69) is 193 Å². The third-order valence-electron chi connectivity index (χ3n) is 20.5. The van der Waals surface area contributed by atoms with E-state index in [1.807, 2.05) is 41.5 Å². The Hall–Kier alpha value is -5.29. The minimum Gasteiger partial charge on any atom is -0.398 e. The summed E-state index contributed by atoms with van der Waals surface area (Å²) < 4.78 is 0. The van der Waals surface area contributed by atoms with Crippen molar-refractivity contribution in [2.24, 2.45) is 5.73 Å². The Morgan fingerprint density at radius 2 is 0.591 bits per heavy atom. The lowest BCUT2D eigenvalue weighted by Crippen LogP contribution is -2.25. The van der Waals surface area contributed by atoms with Gasteiger partial charge in [-0.2, -0.15) is 0 Å². The smallest absolute Gasteiger partial charge is 0.252 e. The first-order valence-corrected chi connectivity index (χ1v) is 32.9. The molecule has 6 aromatic rings. The summed E-state index contributed by atoms with van der Waals surface area (Å²) in [5.74, 6) is 0.0854. The van der Waals surface area contributed by atoms with E-state index in [0.717, 1.165) is 50.2 Å². The molecule has 2 amide bonds. The van der Waals surface area contributed by atoms with Crippen molar-refractivity contribution in [3.05, 3.63) is 195 Å². The zero-order chi connectivity index (χ0) is 68.8. The number of Topliss-reactive ketones (excluding diaryl/α,β-unsaturated/α-hetero) is 1. The molecule has 0 saturated heterocycles. The maximum atomic E-state index is 12.0. The number of nitrogen functional groups attached to an aromatic ring is 1. The number of hydrogen-bond donors (Lipinski definition) is 4. The van der Waals surface area contributed by atoms with E-state index in [-0.39, 0.29) is 34.6 Å². The molecule has 0 aliphatic heterocycles. The number of amides is 2. The fraction of sp³-hybridized carbons (Fsp3) is 0.474. The van der Waals surface area contributed by atoms with Crippen LogP contribution in [-0.4, -0.2) is 40.1 Å². The number of alkyl halides is 3. The van der Waals surface area contributed by atoms with Crippen LogP contribution in [0.3, 0.4) is 0 Å². The molecule has 0 aliphatic rings. The van der Waals surface area contributed by atoms with Crippen molar-refractivity contribution < 1.29 is 19.2 Å². The molecule has 0 aromatic heterocycles. The van der Waals surface area contributed by atoms with Crippen LogP contribution in [0.15, 0.2) is 0 Å². The summed E-state index contributed by atoms with van der Waals surface area (Å²) in [7, 11) is 0. The number of carbonyl (C=O) groups excluding carboxylic acids is 4. The summed E-state index contributed by atoms with van der Waals surface area (Å²) in [4.78, 5) is 45.9. The molecule has 0 bridgehead atoms. The van der Waals surface area contributed by atoms with E-state index < -0.39 is 0 Å². The van der Waals surface area contributed by atoms with Gasteiger partial charge in [-0.15, -0.1) is 23.2 Å². The Balaban J connectivity index is 0.000000530.